The van der Waals surface area contributed by atoms with E-state index in [1.165, 1.54) is 11.3 Å². The highest BCUT2D eigenvalue weighted by Gasteiger charge is 2.26. The Balaban J connectivity index is 1.38. The summed E-state index contributed by atoms with van der Waals surface area (Å²) in [5.41, 5.74) is 1.13. The van der Waals surface area contributed by atoms with E-state index in [4.69, 9.17) is 9.84 Å². The van der Waals surface area contributed by atoms with Gasteiger partial charge < -0.3 is 20.5 Å². The molecule has 0 aliphatic heterocycles. The van der Waals surface area contributed by atoms with Gasteiger partial charge in [-0.05, 0) is 61.4 Å². The maximum atomic E-state index is 12.2. The predicted molar refractivity (Wildman–Crippen MR) is 109 cm³/mol. The fourth-order valence-corrected chi connectivity index (χ4v) is 3.89. The van der Waals surface area contributed by atoms with Crippen LogP contribution in [0.15, 0.2) is 41.1 Å². The van der Waals surface area contributed by atoms with Crippen molar-refractivity contribution >= 4 is 29.1 Å². The molecule has 1 aliphatic carbocycles. The van der Waals surface area contributed by atoms with Crippen LogP contribution in [-0.4, -0.2) is 42.1 Å². The molecule has 0 bridgehead atoms. The molecule has 29 heavy (non-hydrogen) atoms. The van der Waals surface area contributed by atoms with E-state index in [-0.39, 0.29) is 23.8 Å². The zero-order valence-corrected chi connectivity index (χ0v) is 16.7. The zero-order chi connectivity index (χ0) is 20.6. The Morgan fingerprint density at radius 2 is 1.55 bits per heavy atom. The number of rotatable bonds is 8. The summed E-state index contributed by atoms with van der Waals surface area (Å²) < 4.78 is 5.91. The van der Waals surface area contributed by atoms with E-state index in [1.54, 1.807) is 35.7 Å². The third-order valence-corrected chi connectivity index (χ3v) is 5.61. The van der Waals surface area contributed by atoms with E-state index < -0.39 is 5.97 Å². The Morgan fingerprint density at radius 1 is 0.931 bits per heavy atom. The van der Waals surface area contributed by atoms with Gasteiger partial charge >= 0.3 is 5.97 Å². The monoisotopic (exact) mass is 416 g/mol. The Bertz CT molecular complexity index is 827. The molecule has 1 aromatic carbocycles. The van der Waals surface area contributed by atoms with Crippen molar-refractivity contribution in [3.63, 3.8) is 0 Å². The maximum Gasteiger partial charge on any atom is 0.306 e. The molecule has 1 aliphatic rings. The second-order valence-electron chi connectivity index (χ2n) is 6.98. The predicted octanol–water partition coefficient (Wildman–Crippen LogP) is 2.93. The first-order chi connectivity index (χ1) is 14.0. The summed E-state index contributed by atoms with van der Waals surface area (Å²) >= 11 is 1.46. The first kappa shape index (κ1) is 20.9. The number of carbonyl (C=O) groups excluding carboxylic acids is 2. The molecule has 3 rings (SSSR count). The first-order valence-corrected chi connectivity index (χ1v) is 10.6. The summed E-state index contributed by atoms with van der Waals surface area (Å²) in [7, 11) is 0. The van der Waals surface area contributed by atoms with Crippen molar-refractivity contribution < 1.29 is 24.2 Å². The molecule has 1 fully saturated rings. The van der Waals surface area contributed by atoms with Crippen LogP contribution < -0.4 is 15.4 Å². The van der Waals surface area contributed by atoms with Gasteiger partial charge in [-0.3, -0.25) is 14.4 Å². The first-order valence-electron chi connectivity index (χ1n) is 9.61. The third kappa shape index (κ3) is 6.05. The minimum Gasteiger partial charge on any atom is -0.490 e. The molecule has 0 atom stereocenters. The number of hydrogen-bond acceptors (Lipinski definition) is 5. The van der Waals surface area contributed by atoms with Gasteiger partial charge in [0, 0.05) is 29.6 Å². The third-order valence-electron chi connectivity index (χ3n) is 4.92. The quantitative estimate of drug-likeness (QED) is 0.574. The number of benzene rings is 1. The van der Waals surface area contributed by atoms with Crippen LogP contribution in [0.25, 0.3) is 0 Å². The summed E-state index contributed by atoms with van der Waals surface area (Å²) in [5, 5.41) is 18.2. The molecule has 0 radical (unpaired) electrons. The highest BCUT2D eigenvalue weighted by Crippen LogP contribution is 2.28. The van der Waals surface area contributed by atoms with Crippen LogP contribution in [0.5, 0.6) is 5.75 Å². The van der Waals surface area contributed by atoms with Crippen LogP contribution >= 0.6 is 11.3 Å². The zero-order valence-electron chi connectivity index (χ0n) is 15.9. The molecule has 1 saturated carbocycles. The summed E-state index contributed by atoms with van der Waals surface area (Å²) in [6.45, 7) is 0.681. The van der Waals surface area contributed by atoms with Gasteiger partial charge in [0.15, 0.2) is 0 Å². The Kier molecular flexibility index (Phi) is 7.24. The van der Waals surface area contributed by atoms with Crippen LogP contribution in [-0.2, 0) is 4.79 Å². The van der Waals surface area contributed by atoms with Gasteiger partial charge in [-0.15, -0.1) is 0 Å². The average molecular weight is 416 g/mol. The van der Waals surface area contributed by atoms with Gasteiger partial charge in [-0.1, -0.05) is 0 Å². The van der Waals surface area contributed by atoms with Gasteiger partial charge in [0.2, 0.25) is 0 Å². The summed E-state index contributed by atoms with van der Waals surface area (Å²) in [5.74, 6) is -0.702. The fourth-order valence-electron chi connectivity index (χ4n) is 3.25. The van der Waals surface area contributed by atoms with E-state index in [2.05, 4.69) is 10.6 Å². The molecule has 1 aromatic heterocycles. The number of carbonyl (C=O) groups is 3. The largest absolute Gasteiger partial charge is 0.490 e. The highest BCUT2D eigenvalue weighted by atomic mass is 32.1. The number of carboxylic acids is 1. The lowest BCUT2D eigenvalue weighted by atomic mass is 9.87. The highest BCUT2D eigenvalue weighted by molar-refractivity contribution is 7.08. The van der Waals surface area contributed by atoms with Crippen LogP contribution in [0.1, 0.15) is 46.4 Å². The van der Waals surface area contributed by atoms with E-state index in [0.29, 0.717) is 42.8 Å². The second-order valence-corrected chi connectivity index (χ2v) is 7.76. The van der Waals surface area contributed by atoms with Crippen LogP contribution in [0, 0.1) is 5.92 Å². The van der Waals surface area contributed by atoms with Crippen LogP contribution in [0.2, 0.25) is 0 Å². The van der Waals surface area contributed by atoms with Crippen molar-refractivity contribution in [3.8, 4) is 5.75 Å². The number of aliphatic carboxylic acids is 1. The Hall–Kier alpha value is -2.87. The standard InChI is InChI=1S/C21H24N2O5S/c24-19(22-10-11-23-20(25)16-9-12-29-13-16)14-1-5-17(6-2-14)28-18-7-3-15(4-8-18)21(26)27/h1-2,5-6,9,12-13,15,18H,3-4,7-8,10-11H2,(H,22,24)(H,23,25)(H,26,27)/t15-,18+. The van der Waals surface area contributed by atoms with E-state index in [1.807, 2.05) is 5.38 Å². The van der Waals surface area contributed by atoms with Crippen molar-refractivity contribution in [3.05, 3.63) is 52.2 Å². The molecular formula is C21H24N2O5S. The van der Waals surface area contributed by atoms with Crippen molar-refractivity contribution in [1.29, 1.82) is 0 Å². The minimum absolute atomic E-state index is 0.0112. The summed E-state index contributed by atoms with van der Waals surface area (Å²) in [4.78, 5) is 35.0. The molecule has 0 spiro atoms. The van der Waals surface area contributed by atoms with Crippen LogP contribution in [0.4, 0.5) is 0 Å². The van der Waals surface area contributed by atoms with Crippen molar-refractivity contribution in [2.45, 2.75) is 31.8 Å². The molecule has 0 saturated heterocycles. The number of ether oxygens (including phenoxy) is 1. The number of amides is 2. The molecule has 7 nitrogen and oxygen atoms in total. The molecule has 8 heteroatoms. The van der Waals surface area contributed by atoms with Crippen molar-refractivity contribution in [2.75, 3.05) is 13.1 Å². The van der Waals surface area contributed by atoms with E-state index in [0.717, 1.165) is 12.8 Å². The van der Waals surface area contributed by atoms with Crippen LogP contribution in [0.3, 0.4) is 0 Å². The van der Waals surface area contributed by atoms with Gasteiger partial charge in [-0.2, -0.15) is 11.3 Å². The van der Waals surface area contributed by atoms with E-state index >= 15 is 0 Å². The smallest absolute Gasteiger partial charge is 0.306 e. The van der Waals surface area contributed by atoms with Crippen molar-refractivity contribution in [1.82, 2.24) is 10.6 Å². The summed E-state index contributed by atoms with van der Waals surface area (Å²) in [6, 6.07) is 8.63. The molecule has 2 amide bonds. The molecule has 3 N–H and O–H groups in total. The topological polar surface area (TPSA) is 105 Å². The SMILES string of the molecule is O=C(NCCNC(=O)c1ccsc1)c1ccc(O[C@H]2CC[C@@H](C(=O)O)CC2)cc1. The number of carboxylic acid groups (broad SMARTS) is 1. The van der Waals surface area contributed by atoms with Gasteiger partial charge in [0.25, 0.3) is 11.8 Å². The fraction of sp³-hybridized carbons (Fsp3) is 0.381. The van der Waals surface area contributed by atoms with Crippen molar-refractivity contribution in [2.24, 2.45) is 5.92 Å². The molecule has 154 valence electrons. The second kappa shape index (κ2) is 10.1. The lowest BCUT2D eigenvalue weighted by molar-refractivity contribution is -0.143. The lowest BCUT2D eigenvalue weighted by Crippen LogP contribution is -2.34. The number of hydrogen-bond donors (Lipinski definition) is 3. The maximum absolute atomic E-state index is 12.2. The molecule has 0 unspecified atom stereocenters. The van der Waals surface area contributed by atoms with E-state index in [9.17, 15) is 14.4 Å². The molecule has 2 aromatic rings. The Morgan fingerprint density at radius 3 is 2.10 bits per heavy atom. The molecule has 1 heterocycles. The number of nitrogens with one attached hydrogen (secondary N) is 2. The minimum atomic E-state index is -0.732. The van der Waals surface area contributed by atoms with Gasteiger partial charge in [0.05, 0.1) is 12.0 Å². The summed E-state index contributed by atoms with van der Waals surface area (Å²) in [6.07, 6.45) is 2.71. The average Bonchev–Trinajstić information content (AvgIpc) is 3.27. The number of thiophene rings is 1. The normalized spacial score (nSPS) is 18.6. The lowest BCUT2D eigenvalue weighted by Gasteiger charge is -2.26. The Labute approximate surface area is 173 Å². The molecular weight excluding hydrogens is 392 g/mol. The van der Waals surface area contributed by atoms with Gasteiger partial charge in [0.1, 0.15) is 5.75 Å². The van der Waals surface area contributed by atoms with Gasteiger partial charge in [-0.25, -0.2) is 0 Å².